The molecule has 0 aromatic carbocycles. The Morgan fingerprint density at radius 1 is 1.76 bits per heavy atom. The highest BCUT2D eigenvalue weighted by Crippen LogP contribution is 2.26. The molecule has 17 heavy (non-hydrogen) atoms. The van der Waals surface area contributed by atoms with Crippen LogP contribution in [0.5, 0.6) is 0 Å². The first kappa shape index (κ1) is 12.0. The van der Waals surface area contributed by atoms with Crippen LogP contribution >= 0.6 is 0 Å². The molecule has 2 N–H and O–H groups in total. The van der Waals surface area contributed by atoms with Gasteiger partial charge in [-0.3, -0.25) is 14.8 Å². The van der Waals surface area contributed by atoms with Crippen LogP contribution in [0.3, 0.4) is 0 Å². The number of rotatable bonds is 3. The molecule has 1 aliphatic heterocycles. The zero-order valence-corrected chi connectivity index (χ0v) is 9.72. The van der Waals surface area contributed by atoms with Crippen molar-refractivity contribution in [2.75, 3.05) is 13.1 Å². The zero-order chi connectivity index (χ0) is 12.5. The quantitative estimate of drug-likeness (QED) is 0.572. The van der Waals surface area contributed by atoms with Crippen LogP contribution in [-0.2, 0) is 13.5 Å². The lowest BCUT2D eigenvalue weighted by atomic mass is 9.89. The lowest BCUT2D eigenvalue weighted by Gasteiger charge is -2.32. The second-order valence-corrected chi connectivity index (χ2v) is 4.54. The van der Waals surface area contributed by atoms with E-state index in [-0.39, 0.29) is 12.1 Å². The molecule has 2 rings (SSSR count). The third-order valence-electron chi connectivity index (χ3n) is 3.18. The first-order valence-electron chi connectivity index (χ1n) is 5.60. The van der Waals surface area contributed by atoms with Gasteiger partial charge in [0.2, 0.25) is 0 Å². The summed E-state index contributed by atoms with van der Waals surface area (Å²) in [6.45, 7) is 1.35. The summed E-state index contributed by atoms with van der Waals surface area (Å²) in [7, 11) is 1.65. The number of nitrogens with zero attached hydrogens (tertiary/aromatic N) is 3. The number of nitro groups is 1. The van der Waals surface area contributed by atoms with Gasteiger partial charge in [0.1, 0.15) is 11.9 Å². The molecule has 0 radical (unpaired) electrons. The Balaban J connectivity index is 2.22. The van der Waals surface area contributed by atoms with E-state index in [9.17, 15) is 15.2 Å². The van der Waals surface area contributed by atoms with Gasteiger partial charge in [0.05, 0.1) is 10.5 Å². The first-order valence-corrected chi connectivity index (χ1v) is 5.60. The van der Waals surface area contributed by atoms with Crippen molar-refractivity contribution < 1.29 is 10.0 Å². The van der Waals surface area contributed by atoms with Crippen LogP contribution in [-0.4, -0.2) is 38.5 Å². The topological polar surface area (TPSA) is 93.2 Å². The Labute approximate surface area is 98.6 Å². The second-order valence-electron chi connectivity index (χ2n) is 4.54. The highest BCUT2D eigenvalue weighted by molar-refractivity contribution is 5.34. The molecule has 94 valence electrons. The number of nitrogens with one attached hydrogen (secondary N) is 1. The van der Waals surface area contributed by atoms with E-state index < -0.39 is 10.5 Å². The van der Waals surface area contributed by atoms with Crippen molar-refractivity contribution in [3.63, 3.8) is 0 Å². The van der Waals surface area contributed by atoms with E-state index in [0.717, 1.165) is 13.0 Å². The number of hydrogen-bond acceptors (Lipinski definition) is 5. The average molecular weight is 240 g/mol. The van der Waals surface area contributed by atoms with Gasteiger partial charge in [0.15, 0.2) is 0 Å². The molecule has 2 heterocycles. The molecule has 7 heteroatoms. The average Bonchev–Trinajstić information content (AvgIpc) is 2.61. The van der Waals surface area contributed by atoms with Crippen LogP contribution in [0.25, 0.3) is 0 Å². The minimum atomic E-state index is -0.906. The monoisotopic (exact) mass is 240 g/mol. The van der Waals surface area contributed by atoms with E-state index >= 15 is 0 Å². The third-order valence-corrected chi connectivity index (χ3v) is 3.18. The van der Waals surface area contributed by atoms with Gasteiger partial charge in [0.25, 0.3) is 0 Å². The summed E-state index contributed by atoms with van der Waals surface area (Å²) >= 11 is 0. The number of β-amino-alcohol motifs (C(OH)–C–C–N with tert-alkyl or cyclic N) is 1. The van der Waals surface area contributed by atoms with Crippen LogP contribution in [0.2, 0.25) is 0 Å². The fourth-order valence-electron chi connectivity index (χ4n) is 2.22. The molecule has 1 aliphatic rings. The van der Waals surface area contributed by atoms with Crippen molar-refractivity contribution in [3.8, 4) is 0 Å². The summed E-state index contributed by atoms with van der Waals surface area (Å²) in [5.41, 5.74) is -0.454. The summed E-state index contributed by atoms with van der Waals surface area (Å²) in [5, 5.41) is 28.2. The number of piperidine rings is 1. The van der Waals surface area contributed by atoms with Crippen molar-refractivity contribution in [2.45, 2.75) is 24.9 Å². The number of hydrogen-bond donors (Lipinski definition) is 2. The molecule has 7 nitrogen and oxygen atoms in total. The smallest absolute Gasteiger partial charge is 0.310 e. The fourth-order valence-corrected chi connectivity index (χ4v) is 2.22. The molecule has 1 unspecified atom stereocenters. The molecule has 1 atom stereocenters. The predicted octanol–water partition coefficient (Wildman–Crippen LogP) is -0.0147. The van der Waals surface area contributed by atoms with Crippen molar-refractivity contribution in [1.82, 2.24) is 15.1 Å². The molecule has 0 spiro atoms. The largest absolute Gasteiger partial charge is 0.388 e. The van der Waals surface area contributed by atoms with Gasteiger partial charge in [-0.1, -0.05) is 0 Å². The molecule has 1 aromatic rings. The normalized spacial score (nSPS) is 24.8. The summed E-state index contributed by atoms with van der Waals surface area (Å²) in [6, 6.07) is 0. The molecule has 1 fully saturated rings. The molecular formula is C10H16N4O3. The Morgan fingerprint density at radius 3 is 3.12 bits per heavy atom. The summed E-state index contributed by atoms with van der Waals surface area (Å²) in [5.74, 6) is 0. The maximum atomic E-state index is 10.8. The highest BCUT2D eigenvalue weighted by atomic mass is 16.6. The number of aryl methyl sites for hydroxylation is 1. The maximum Gasteiger partial charge on any atom is 0.310 e. The van der Waals surface area contributed by atoms with Gasteiger partial charge in [-0.05, 0) is 19.4 Å². The van der Waals surface area contributed by atoms with Crippen LogP contribution in [0, 0.1) is 10.1 Å². The van der Waals surface area contributed by atoms with Crippen LogP contribution in [0.1, 0.15) is 18.5 Å². The minimum Gasteiger partial charge on any atom is -0.388 e. The SMILES string of the molecule is Cn1ncc([N+](=O)[O-])c1CC1(O)CCCNC1. The molecule has 1 aromatic heterocycles. The number of aliphatic hydroxyl groups is 1. The Bertz CT molecular complexity index is 423. The van der Waals surface area contributed by atoms with Crippen molar-refractivity contribution in [1.29, 1.82) is 0 Å². The van der Waals surface area contributed by atoms with Crippen molar-refractivity contribution in [2.24, 2.45) is 7.05 Å². The lowest BCUT2D eigenvalue weighted by molar-refractivity contribution is -0.385. The van der Waals surface area contributed by atoms with Gasteiger partial charge < -0.3 is 10.4 Å². The fraction of sp³-hybridized carbons (Fsp3) is 0.700. The van der Waals surface area contributed by atoms with E-state index in [2.05, 4.69) is 10.4 Å². The Kier molecular flexibility index (Phi) is 3.12. The van der Waals surface area contributed by atoms with E-state index in [4.69, 9.17) is 0 Å². The van der Waals surface area contributed by atoms with Crippen LogP contribution < -0.4 is 5.32 Å². The van der Waals surface area contributed by atoms with E-state index in [0.29, 0.717) is 18.7 Å². The second kappa shape index (κ2) is 4.42. The predicted molar refractivity (Wildman–Crippen MR) is 60.6 cm³/mol. The van der Waals surface area contributed by atoms with E-state index in [1.807, 2.05) is 0 Å². The van der Waals surface area contributed by atoms with Gasteiger partial charge in [-0.2, -0.15) is 5.10 Å². The summed E-state index contributed by atoms with van der Waals surface area (Å²) in [6.07, 6.45) is 3.02. The molecule has 0 amide bonds. The highest BCUT2D eigenvalue weighted by Gasteiger charge is 2.33. The number of aromatic nitrogens is 2. The Morgan fingerprint density at radius 2 is 2.53 bits per heavy atom. The Hall–Kier alpha value is -1.47. The van der Waals surface area contributed by atoms with Crippen molar-refractivity contribution in [3.05, 3.63) is 22.0 Å². The molecule has 0 saturated carbocycles. The van der Waals surface area contributed by atoms with Crippen LogP contribution in [0.4, 0.5) is 5.69 Å². The maximum absolute atomic E-state index is 10.8. The lowest BCUT2D eigenvalue weighted by Crippen LogP contribution is -2.47. The van der Waals surface area contributed by atoms with Gasteiger partial charge in [-0.25, -0.2) is 0 Å². The van der Waals surface area contributed by atoms with E-state index in [1.165, 1.54) is 10.9 Å². The molecular weight excluding hydrogens is 224 g/mol. The van der Waals surface area contributed by atoms with E-state index in [1.54, 1.807) is 7.05 Å². The summed E-state index contributed by atoms with van der Waals surface area (Å²) < 4.78 is 1.46. The first-order chi connectivity index (χ1) is 8.02. The van der Waals surface area contributed by atoms with Crippen molar-refractivity contribution >= 4 is 5.69 Å². The third kappa shape index (κ3) is 2.45. The summed E-state index contributed by atoms with van der Waals surface area (Å²) in [4.78, 5) is 10.4. The minimum absolute atomic E-state index is 0.0218. The van der Waals surface area contributed by atoms with Gasteiger partial charge in [-0.15, -0.1) is 0 Å². The van der Waals surface area contributed by atoms with Gasteiger partial charge >= 0.3 is 5.69 Å². The van der Waals surface area contributed by atoms with Gasteiger partial charge in [0, 0.05) is 20.0 Å². The molecule has 0 aliphatic carbocycles. The molecule has 0 bridgehead atoms. The molecule has 1 saturated heterocycles. The standard InChI is InChI=1S/C10H16N4O3/c1-13-8(9(6-12-13)14(16)17)5-10(15)3-2-4-11-7-10/h6,11,15H,2-5,7H2,1H3. The zero-order valence-electron chi connectivity index (χ0n) is 9.72. The van der Waals surface area contributed by atoms with Crippen LogP contribution in [0.15, 0.2) is 6.20 Å².